The third-order valence-electron chi connectivity index (χ3n) is 5.94. The molecule has 35 heavy (non-hydrogen) atoms. The number of anilines is 1. The first-order valence-electron chi connectivity index (χ1n) is 10.9. The van der Waals surface area contributed by atoms with Gasteiger partial charge >= 0.3 is 0 Å². The Morgan fingerprint density at radius 3 is 2.43 bits per heavy atom. The van der Waals surface area contributed by atoms with E-state index in [2.05, 4.69) is 14.9 Å². The zero-order chi connectivity index (χ0) is 25.1. The summed E-state index contributed by atoms with van der Waals surface area (Å²) in [6, 6.07) is 13.4. The molecule has 0 saturated carbocycles. The van der Waals surface area contributed by atoms with Crippen molar-refractivity contribution in [2.24, 2.45) is 0 Å². The van der Waals surface area contributed by atoms with Gasteiger partial charge in [0.2, 0.25) is 0 Å². The molecular formula is C25H24ClN5O4. The van der Waals surface area contributed by atoms with E-state index < -0.39 is 0 Å². The topological polar surface area (TPSA) is 110 Å². The lowest BCUT2D eigenvalue weighted by molar-refractivity contribution is -0.122. The number of nitrogens with zero attached hydrogens (tertiary/aromatic N) is 5. The van der Waals surface area contributed by atoms with E-state index in [1.165, 1.54) is 4.68 Å². The number of carbonyl (C=O) groups is 1. The highest BCUT2D eigenvalue weighted by molar-refractivity contribution is 6.30. The number of pyridine rings is 2. The van der Waals surface area contributed by atoms with Crippen molar-refractivity contribution in [3.8, 4) is 16.9 Å². The van der Waals surface area contributed by atoms with Crippen molar-refractivity contribution in [3.63, 3.8) is 0 Å². The predicted octanol–water partition coefficient (Wildman–Crippen LogP) is 3.65. The van der Waals surface area contributed by atoms with Crippen LogP contribution in [0.15, 0.2) is 53.5 Å². The third kappa shape index (κ3) is 4.87. The Bertz CT molecular complexity index is 1420. The number of carboxylic acid groups (broad SMARTS) is 1. The second-order valence-corrected chi connectivity index (χ2v) is 8.58. The number of aromatic nitrogens is 4. The lowest BCUT2D eigenvalue weighted by atomic mass is 10.1. The fraction of sp³-hybridized carbons (Fsp3) is 0.240. The van der Waals surface area contributed by atoms with Gasteiger partial charge in [-0.05, 0) is 49.7 Å². The zero-order valence-corrected chi connectivity index (χ0v) is 20.2. The molecular weight excluding hydrogens is 470 g/mol. The fourth-order valence-electron chi connectivity index (χ4n) is 3.69. The largest absolute Gasteiger partial charge is 0.483 e. The molecule has 4 heterocycles. The van der Waals surface area contributed by atoms with E-state index in [1.54, 1.807) is 6.20 Å². The number of aryl methyl sites for hydroxylation is 2. The summed E-state index contributed by atoms with van der Waals surface area (Å²) in [5.74, 6) is 0.818. The number of hydrogen-bond donors (Lipinski definition) is 1. The molecule has 0 radical (unpaired) electrons. The smallest absolute Gasteiger partial charge is 0.298 e. The summed E-state index contributed by atoms with van der Waals surface area (Å²) in [6.45, 7) is 5.02. The molecule has 0 atom stereocenters. The molecule has 0 bridgehead atoms. The van der Waals surface area contributed by atoms with Crippen molar-refractivity contribution in [3.05, 3.63) is 75.3 Å². The van der Waals surface area contributed by atoms with Crippen molar-refractivity contribution in [2.75, 3.05) is 25.2 Å². The lowest BCUT2D eigenvalue weighted by Crippen LogP contribution is -2.47. The highest BCUT2D eigenvalue weighted by Crippen LogP contribution is 2.27. The Morgan fingerprint density at radius 1 is 1.17 bits per heavy atom. The van der Waals surface area contributed by atoms with E-state index in [1.807, 2.05) is 63.4 Å². The number of likely N-dealkylation sites (N-methyl/N-ethyl adjacent to an activating group) is 1. The first-order valence-corrected chi connectivity index (χ1v) is 11.2. The standard InChI is InChI=1S/C24H22ClN5O2.CH2O2/c1-14-10-20-22(16-4-6-17(25)7-5-16)28-30(24(31)23(20)27-15(14)2)18-8-9-21(26-11-18)29(3)19-12-32-13-19;2-1-3/h4-11,19H,12-13H2,1-3H3;1H,(H,2,3). The second-order valence-electron chi connectivity index (χ2n) is 8.14. The van der Waals surface area contributed by atoms with Gasteiger partial charge in [-0.15, -0.1) is 0 Å². The van der Waals surface area contributed by atoms with Crippen molar-refractivity contribution in [2.45, 2.75) is 19.9 Å². The average molecular weight is 494 g/mol. The van der Waals surface area contributed by atoms with Gasteiger partial charge in [0, 0.05) is 28.7 Å². The Kier molecular flexibility index (Phi) is 7.09. The van der Waals surface area contributed by atoms with Gasteiger partial charge in [-0.1, -0.05) is 23.7 Å². The summed E-state index contributed by atoms with van der Waals surface area (Å²) in [4.78, 5) is 33.0. The maximum Gasteiger partial charge on any atom is 0.298 e. The van der Waals surface area contributed by atoms with Crippen LogP contribution in [0.4, 0.5) is 5.82 Å². The number of ether oxygens (including phenoxy) is 1. The van der Waals surface area contributed by atoms with E-state index in [0.29, 0.717) is 46.6 Å². The van der Waals surface area contributed by atoms with Crippen LogP contribution in [-0.4, -0.2) is 57.6 Å². The van der Waals surface area contributed by atoms with Crippen LogP contribution < -0.4 is 10.5 Å². The molecule has 0 amide bonds. The molecule has 1 fully saturated rings. The Labute approximate surface area is 206 Å². The van der Waals surface area contributed by atoms with E-state index in [0.717, 1.165) is 22.6 Å². The minimum absolute atomic E-state index is 0.250. The van der Waals surface area contributed by atoms with Crippen LogP contribution in [0.5, 0.6) is 0 Å². The highest BCUT2D eigenvalue weighted by atomic mass is 35.5. The number of hydrogen-bond acceptors (Lipinski definition) is 7. The van der Waals surface area contributed by atoms with E-state index in [4.69, 9.17) is 31.3 Å². The third-order valence-corrected chi connectivity index (χ3v) is 6.19. The summed E-state index contributed by atoms with van der Waals surface area (Å²) in [7, 11) is 1.99. The average Bonchev–Trinajstić information content (AvgIpc) is 2.81. The van der Waals surface area contributed by atoms with Crippen molar-refractivity contribution >= 4 is 34.8 Å². The maximum absolute atomic E-state index is 13.4. The Hall–Kier alpha value is -3.82. The molecule has 9 nitrogen and oxygen atoms in total. The van der Waals surface area contributed by atoms with E-state index in [-0.39, 0.29) is 12.0 Å². The van der Waals surface area contributed by atoms with Gasteiger partial charge in [0.25, 0.3) is 12.0 Å². The number of fused-ring (bicyclic) bond motifs is 1. The van der Waals surface area contributed by atoms with Crippen molar-refractivity contribution < 1.29 is 14.6 Å². The molecule has 1 N–H and O–H groups in total. The second kappa shape index (κ2) is 10.2. The minimum atomic E-state index is -0.281. The minimum Gasteiger partial charge on any atom is -0.483 e. The molecule has 4 aromatic rings. The van der Waals surface area contributed by atoms with Gasteiger partial charge < -0.3 is 14.7 Å². The van der Waals surface area contributed by atoms with Gasteiger partial charge in [-0.25, -0.2) is 9.97 Å². The van der Waals surface area contributed by atoms with Crippen LogP contribution in [0.3, 0.4) is 0 Å². The fourth-order valence-corrected chi connectivity index (χ4v) is 3.82. The van der Waals surface area contributed by atoms with Crippen LogP contribution in [0, 0.1) is 13.8 Å². The summed E-state index contributed by atoms with van der Waals surface area (Å²) in [6.07, 6.45) is 1.66. The van der Waals surface area contributed by atoms with Crippen molar-refractivity contribution in [1.82, 2.24) is 19.7 Å². The van der Waals surface area contributed by atoms with Crippen LogP contribution >= 0.6 is 11.6 Å². The first-order chi connectivity index (χ1) is 16.8. The van der Waals surface area contributed by atoms with E-state index >= 15 is 0 Å². The van der Waals surface area contributed by atoms with Crippen LogP contribution in [0.1, 0.15) is 11.3 Å². The van der Waals surface area contributed by atoms with Crippen LogP contribution in [0.2, 0.25) is 5.02 Å². The summed E-state index contributed by atoms with van der Waals surface area (Å²) >= 11 is 6.08. The van der Waals surface area contributed by atoms with Gasteiger partial charge in [-0.2, -0.15) is 9.78 Å². The van der Waals surface area contributed by atoms with Gasteiger partial charge in [0.05, 0.1) is 31.1 Å². The highest BCUT2D eigenvalue weighted by Gasteiger charge is 2.24. The summed E-state index contributed by atoms with van der Waals surface area (Å²) < 4.78 is 6.64. The molecule has 1 aliphatic rings. The van der Waals surface area contributed by atoms with Crippen molar-refractivity contribution in [1.29, 1.82) is 0 Å². The van der Waals surface area contributed by atoms with Gasteiger partial charge in [0.15, 0.2) is 0 Å². The molecule has 10 heteroatoms. The lowest BCUT2D eigenvalue weighted by Gasteiger charge is -2.35. The number of rotatable bonds is 4. The monoisotopic (exact) mass is 493 g/mol. The summed E-state index contributed by atoms with van der Waals surface area (Å²) in [5, 5.41) is 13.0. The molecule has 0 unspecified atom stereocenters. The Morgan fingerprint density at radius 2 is 1.86 bits per heavy atom. The number of benzene rings is 1. The molecule has 1 aliphatic heterocycles. The van der Waals surface area contributed by atoms with Gasteiger partial charge in [-0.3, -0.25) is 9.59 Å². The maximum atomic E-state index is 13.4. The van der Waals surface area contributed by atoms with Crippen LogP contribution in [-0.2, 0) is 9.53 Å². The molecule has 3 aromatic heterocycles. The molecule has 1 saturated heterocycles. The van der Waals surface area contributed by atoms with Gasteiger partial charge in [0.1, 0.15) is 17.0 Å². The molecule has 180 valence electrons. The molecule has 5 rings (SSSR count). The molecule has 0 aliphatic carbocycles. The summed E-state index contributed by atoms with van der Waals surface area (Å²) in [5.41, 5.74) is 4.01. The quantitative estimate of drug-likeness (QED) is 0.429. The number of halogens is 1. The Balaban J connectivity index is 0.000000917. The zero-order valence-electron chi connectivity index (χ0n) is 19.5. The molecule has 1 aromatic carbocycles. The van der Waals surface area contributed by atoms with Crippen LogP contribution in [0.25, 0.3) is 27.8 Å². The SMILES string of the molecule is Cc1cc2c(-c3ccc(Cl)cc3)nn(-c3ccc(N(C)C4COC4)nc3)c(=O)c2nc1C.O=CO. The predicted molar refractivity (Wildman–Crippen MR) is 135 cm³/mol. The molecule has 0 spiro atoms. The first kappa shape index (κ1) is 24.3. The normalized spacial score (nSPS) is 13.0. The van der Waals surface area contributed by atoms with E-state index in [9.17, 15) is 4.79 Å².